The number of aliphatic carboxylic acids is 1. The zero-order chi connectivity index (χ0) is 19.2. The smallest absolute Gasteiger partial charge is 0.328 e. The van der Waals surface area contributed by atoms with Gasteiger partial charge in [0.2, 0.25) is 10.0 Å². The number of benzene rings is 2. The predicted octanol–water partition coefficient (Wildman–Crippen LogP) is 2.28. The Kier molecular flexibility index (Phi) is 6.68. The minimum absolute atomic E-state index is 0.0169. The quantitative estimate of drug-likeness (QED) is 0.690. The van der Waals surface area contributed by atoms with Gasteiger partial charge < -0.3 is 10.2 Å². The predicted molar refractivity (Wildman–Crippen MR) is 99.0 cm³/mol. The third-order valence-corrected chi connectivity index (χ3v) is 5.68. The van der Waals surface area contributed by atoms with Crippen molar-refractivity contribution in [3.8, 4) is 0 Å². The number of sulfonamides is 1. The van der Waals surface area contributed by atoms with Gasteiger partial charge in [0.05, 0.1) is 11.5 Å². The van der Waals surface area contributed by atoms with Gasteiger partial charge in [-0.1, -0.05) is 36.4 Å². The number of aliphatic hydroxyl groups excluding tert-OH is 1. The van der Waals surface area contributed by atoms with Gasteiger partial charge in [0, 0.05) is 19.2 Å². The van der Waals surface area contributed by atoms with E-state index in [0.717, 1.165) is 11.6 Å². The summed E-state index contributed by atoms with van der Waals surface area (Å²) < 4.78 is 27.1. The van der Waals surface area contributed by atoms with Crippen molar-refractivity contribution in [3.05, 3.63) is 71.3 Å². The average Bonchev–Trinajstić information content (AvgIpc) is 2.61. The van der Waals surface area contributed by atoms with Crippen LogP contribution in [0.4, 0.5) is 0 Å². The highest BCUT2D eigenvalue weighted by molar-refractivity contribution is 7.89. The summed E-state index contributed by atoms with van der Waals surface area (Å²) in [6.45, 7) is 1.57. The number of nitrogens with zero attached hydrogens (tertiary/aromatic N) is 1. The number of carbonyl (C=O) groups is 1. The third kappa shape index (κ3) is 5.01. The number of hydrogen-bond acceptors (Lipinski definition) is 4. The number of hydrogen-bond donors (Lipinski definition) is 2. The van der Waals surface area contributed by atoms with Crippen molar-refractivity contribution in [1.82, 2.24) is 4.31 Å². The lowest BCUT2D eigenvalue weighted by molar-refractivity contribution is -0.131. The summed E-state index contributed by atoms with van der Waals surface area (Å²) in [7, 11) is -3.80. The summed E-state index contributed by atoms with van der Waals surface area (Å²) in [5, 5.41) is 18.0. The molecule has 0 amide bonds. The molecule has 26 heavy (non-hydrogen) atoms. The van der Waals surface area contributed by atoms with Crippen molar-refractivity contribution in [2.75, 3.05) is 13.2 Å². The second-order valence-electron chi connectivity index (χ2n) is 5.74. The highest BCUT2D eigenvalue weighted by atomic mass is 32.2. The first kappa shape index (κ1) is 19.8. The second-order valence-corrected chi connectivity index (χ2v) is 7.68. The van der Waals surface area contributed by atoms with E-state index in [1.807, 2.05) is 30.3 Å². The number of carboxylic acid groups (broad SMARTS) is 1. The minimum atomic E-state index is -3.80. The van der Waals surface area contributed by atoms with Crippen LogP contribution in [0.25, 0.3) is 6.08 Å². The van der Waals surface area contributed by atoms with E-state index in [9.17, 15) is 18.3 Å². The molecule has 7 heteroatoms. The van der Waals surface area contributed by atoms with Crippen LogP contribution in [0, 0.1) is 6.92 Å². The first-order valence-electron chi connectivity index (χ1n) is 8.01. The molecule has 2 rings (SSSR count). The number of carboxylic acids is 1. The van der Waals surface area contributed by atoms with E-state index in [-0.39, 0.29) is 24.6 Å². The van der Waals surface area contributed by atoms with E-state index in [1.54, 1.807) is 13.0 Å². The van der Waals surface area contributed by atoms with Crippen LogP contribution in [0.5, 0.6) is 0 Å². The molecule has 0 spiro atoms. The van der Waals surface area contributed by atoms with Gasteiger partial charge in [-0.15, -0.1) is 0 Å². The molecule has 2 aromatic carbocycles. The standard InChI is InChI=1S/C19H21NO5S/c1-15-13-18(9-7-17(15)8-10-19(22)23)26(24,25)20(11-12-21)14-16-5-3-2-4-6-16/h2-10,13,21H,11-12,14H2,1H3,(H,22,23)/b10-8+. The molecule has 0 fully saturated rings. The summed E-state index contributed by atoms with van der Waals surface area (Å²) >= 11 is 0. The normalized spacial score (nSPS) is 12.0. The van der Waals surface area contributed by atoms with Crippen molar-refractivity contribution in [3.63, 3.8) is 0 Å². The summed E-state index contributed by atoms with van der Waals surface area (Å²) in [5.41, 5.74) is 2.10. The molecule has 6 nitrogen and oxygen atoms in total. The molecule has 0 atom stereocenters. The zero-order valence-electron chi connectivity index (χ0n) is 14.4. The van der Waals surface area contributed by atoms with Crippen LogP contribution in [0.3, 0.4) is 0 Å². The summed E-state index contributed by atoms with van der Waals surface area (Å²) in [5.74, 6) is -1.07. The Bertz CT molecular complexity index is 891. The van der Waals surface area contributed by atoms with Crippen LogP contribution in [-0.2, 0) is 21.4 Å². The van der Waals surface area contributed by atoms with Crippen molar-refractivity contribution in [2.24, 2.45) is 0 Å². The summed E-state index contributed by atoms with van der Waals surface area (Å²) in [6.07, 6.45) is 2.42. The Morgan fingerprint density at radius 1 is 1.15 bits per heavy atom. The Morgan fingerprint density at radius 3 is 2.42 bits per heavy atom. The molecular weight excluding hydrogens is 354 g/mol. The van der Waals surface area contributed by atoms with Crippen molar-refractivity contribution in [1.29, 1.82) is 0 Å². The van der Waals surface area contributed by atoms with E-state index < -0.39 is 16.0 Å². The Morgan fingerprint density at radius 2 is 1.85 bits per heavy atom. The highest BCUT2D eigenvalue weighted by Crippen LogP contribution is 2.22. The fourth-order valence-corrected chi connectivity index (χ4v) is 3.99. The third-order valence-electron chi connectivity index (χ3n) is 3.84. The highest BCUT2D eigenvalue weighted by Gasteiger charge is 2.24. The maximum absolute atomic E-state index is 13.0. The second kappa shape index (κ2) is 8.75. The molecule has 2 aromatic rings. The maximum atomic E-state index is 13.0. The van der Waals surface area contributed by atoms with Crippen molar-refractivity contribution in [2.45, 2.75) is 18.4 Å². The lowest BCUT2D eigenvalue weighted by atomic mass is 10.1. The van der Waals surface area contributed by atoms with Gasteiger partial charge in [-0.05, 0) is 41.8 Å². The van der Waals surface area contributed by atoms with Gasteiger partial charge in [-0.25, -0.2) is 13.2 Å². The first-order valence-corrected chi connectivity index (χ1v) is 9.45. The molecule has 0 saturated heterocycles. The molecular formula is C19H21NO5S. The van der Waals surface area contributed by atoms with Gasteiger partial charge in [0.25, 0.3) is 0 Å². The Balaban J connectivity index is 2.33. The number of aliphatic hydroxyl groups is 1. The van der Waals surface area contributed by atoms with Crippen molar-refractivity contribution < 1.29 is 23.4 Å². The fraction of sp³-hybridized carbons (Fsp3) is 0.211. The molecule has 0 aliphatic carbocycles. The van der Waals surface area contributed by atoms with E-state index in [1.165, 1.54) is 22.5 Å². The first-order chi connectivity index (χ1) is 12.3. The van der Waals surface area contributed by atoms with E-state index in [4.69, 9.17) is 5.11 Å². The van der Waals surface area contributed by atoms with Crippen LogP contribution < -0.4 is 0 Å². The van der Waals surface area contributed by atoms with Gasteiger partial charge in [0.1, 0.15) is 0 Å². The Labute approximate surface area is 153 Å². The summed E-state index contributed by atoms with van der Waals surface area (Å²) in [6, 6.07) is 13.7. The van der Waals surface area contributed by atoms with Crippen LogP contribution in [0.2, 0.25) is 0 Å². The van der Waals surface area contributed by atoms with Gasteiger partial charge in [-0.2, -0.15) is 4.31 Å². The lowest BCUT2D eigenvalue weighted by Gasteiger charge is -2.22. The fourth-order valence-electron chi connectivity index (χ4n) is 2.49. The molecule has 0 heterocycles. The molecule has 138 valence electrons. The molecule has 0 radical (unpaired) electrons. The molecule has 0 aliphatic heterocycles. The molecule has 2 N–H and O–H groups in total. The molecule has 0 aromatic heterocycles. The van der Waals surface area contributed by atoms with Crippen LogP contribution >= 0.6 is 0 Å². The zero-order valence-corrected chi connectivity index (χ0v) is 15.2. The monoisotopic (exact) mass is 375 g/mol. The largest absolute Gasteiger partial charge is 0.478 e. The average molecular weight is 375 g/mol. The Hall–Kier alpha value is -2.48. The van der Waals surface area contributed by atoms with Gasteiger partial charge in [0.15, 0.2) is 0 Å². The van der Waals surface area contributed by atoms with Crippen LogP contribution in [0.15, 0.2) is 59.5 Å². The molecule has 0 saturated carbocycles. The van der Waals surface area contributed by atoms with Crippen LogP contribution in [-0.4, -0.2) is 42.1 Å². The topological polar surface area (TPSA) is 94.9 Å². The molecule has 0 unspecified atom stereocenters. The van der Waals surface area contributed by atoms with E-state index in [2.05, 4.69) is 0 Å². The molecule has 0 aliphatic rings. The summed E-state index contributed by atoms with van der Waals surface area (Å²) in [4.78, 5) is 10.7. The van der Waals surface area contributed by atoms with Gasteiger partial charge in [-0.3, -0.25) is 0 Å². The van der Waals surface area contributed by atoms with E-state index >= 15 is 0 Å². The van der Waals surface area contributed by atoms with Crippen molar-refractivity contribution >= 4 is 22.1 Å². The molecule has 0 bridgehead atoms. The SMILES string of the molecule is Cc1cc(S(=O)(=O)N(CCO)Cc2ccccc2)ccc1/C=C/C(=O)O. The lowest BCUT2D eigenvalue weighted by Crippen LogP contribution is -2.33. The van der Waals surface area contributed by atoms with E-state index in [0.29, 0.717) is 11.1 Å². The number of rotatable bonds is 8. The maximum Gasteiger partial charge on any atom is 0.328 e. The minimum Gasteiger partial charge on any atom is -0.478 e. The van der Waals surface area contributed by atoms with Gasteiger partial charge >= 0.3 is 5.97 Å². The van der Waals surface area contributed by atoms with Crippen LogP contribution in [0.1, 0.15) is 16.7 Å². The number of aryl methyl sites for hydroxylation is 1.